The Balaban J connectivity index is 1.62. The summed E-state index contributed by atoms with van der Waals surface area (Å²) in [7, 11) is 0. The molecule has 0 spiro atoms. The van der Waals surface area contributed by atoms with E-state index in [9.17, 15) is 4.79 Å². The van der Waals surface area contributed by atoms with Crippen LogP contribution in [0.4, 0.5) is 0 Å². The number of hydrogen-bond donors (Lipinski definition) is 0. The molecule has 0 atom stereocenters. The summed E-state index contributed by atoms with van der Waals surface area (Å²) in [6.45, 7) is 6.65. The van der Waals surface area contributed by atoms with E-state index in [0.29, 0.717) is 11.4 Å². The van der Waals surface area contributed by atoms with Crippen LogP contribution in [0.3, 0.4) is 0 Å². The minimum absolute atomic E-state index is 0.0778. The maximum Gasteiger partial charge on any atom is 0.258 e. The number of thioether (sulfide) groups is 1. The molecule has 138 valence electrons. The van der Waals surface area contributed by atoms with Crippen molar-refractivity contribution in [3.8, 4) is 11.4 Å². The van der Waals surface area contributed by atoms with Gasteiger partial charge in [-0.3, -0.25) is 9.20 Å². The predicted molar refractivity (Wildman–Crippen MR) is 104 cm³/mol. The lowest BCUT2D eigenvalue weighted by Gasteiger charge is -2.07. The van der Waals surface area contributed by atoms with Gasteiger partial charge < -0.3 is 8.98 Å². The van der Waals surface area contributed by atoms with Gasteiger partial charge in [-0.1, -0.05) is 17.8 Å². The molecule has 27 heavy (non-hydrogen) atoms. The van der Waals surface area contributed by atoms with Crippen molar-refractivity contribution in [2.75, 3.05) is 0 Å². The number of aryl methyl sites for hydroxylation is 2. The van der Waals surface area contributed by atoms with Crippen LogP contribution in [0, 0.1) is 13.8 Å². The van der Waals surface area contributed by atoms with Gasteiger partial charge in [0.1, 0.15) is 11.4 Å². The summed E-state index contributed by atoms with van der Waals surface area (Å²) in [6.07, 6.45) is 3.45. The SMILES string of the molecule is CCn1c(SCc2cc(=O)n3cc(C)ccc3n2)nnc1-c1ccoc1C. The molecular weight excluding hydrogens is 362 g/mol. The highest BCUT2D eigenvalue weighted by Gasteiger charge is 2.16. The number of furan rings is 1. The Morgan fingerprint density at radius 3 is 2.78 bits per heavy atom. The number of fused-ring (bicyclic) bond motifs is 1. The Hall–Kier alpha value is -2.87. The van der Waals surface area contributed by atoms with E-state index in [-0.39, 0.29) is 5.56 Å². The lowest BCUT2D eigenvalue weighted by atomic mass is 10.2. The second-order valence-corrected chi connectivity index (χ2v) is 7.19. The van der Waals surface area contributed by atoms with Crippen LogP contribution in [0.25, 0.3) is 17.0 Å². The summed E-state index contributed by atoms with van der Waals surface area (Å²) in [6, 6.07) is 7.28. The molecule has 0 aliphatic carbocycles. The van der Waals surface area contributed by atoms with Gasteiger partial charge in [0.05, 0.1) is 17.5 Å². The van der Waals surface area contributed by atoms with Crippen LogP contribution in [-0.4, -0.2) is 24.1 Å². The van der Waals surface area contributed by atoms with E-state index in [1.54, 1.807) is 22.9 Å². The molecule has 0 saturated heterocycles. The average molecular weight is 381 g/mol. The summed E-state index contributed by atoms with van der Waals surface area (Å²) < 4.78 is 8.99. The van der Waals surface area contributed by atoms with Gasteiger partial charge in [-0.25, -0.2) is 4.98 Å². The molecule has 0 bridgehead atoms. The Morgan fingerprint density at radius 2 is 2.04 bits per heavy atom. The topological polar surface area (TPSA) is 78.2 Å². The number of pyridine rings is 1. The van der Waals surface area contributed by atoms with Crippen molar-refractivity contribution in [1.82, 2.24) is 24.1 Å². The molecule has 4 aromatic rings. The number of rotatable bonds is 5. The van der Waals surface area contributed by atoms with Gasteiger partial charge in [0.2, 0.25) is 0 Å². The third-order valence-electron chi connectivity index (χ3n) is 4.34. The Kier molecular flexibility index (Phi) is 4.57. The third-order valence-corrected chi connectivity index (χ3v) is 5.34. The van der Waals surface area contributed by atoms with Crippen molar-refractivity contribution in [3.63, 3.8) is 0 Å². The maximum atomic E-state index is 12.4. The summed E-state index contributed by atoms with van der Waals surface area (Å²) >= 11 is 1.52. The standard InChI is InChI=1S/C19H19N5O2S/c1-4-23-18(15-7-8-26-13(15)3)21-22-19(23)27-11-14-9-17(25)24-10-12(2)5-6-16(24)20-14/h5-10H,4,11H2,1-3H3. The lowest BCUT2D eigenvalue weighted by molar-refractivity contribution is 0.534. The molecule has 0 N–H and O–H groups in total. The maximum absolute atomic E-state index is 12.4. The normalized spacial score (nSPS) is 11.4. The van der Waals surface area contributed by atoms with Crippen molar-refractivity contribution < 1.29 is 4.42 Å². The summed E-state index contributed by atoms with van der Waals surface area (Å²) in [5, 5.41) is 9.43. The van der Waals surface area contributed by atoms with E-state index in [2.05, 4.69) is 22.1 Å². The van der Waals surface area contributed by atoms with Crippen LogP contribution >= 0.6 is 11.8 Å². The number of nitrogens with zero attached hydrogens (tertiary/aromatic N) is 5. The summed E-state index contributed by atoms with van der Waals surface area (Å²) in [5.41, 5.74) is 3.25. The zero-order chi connectivity index (χ0) is 19.0. The van der Waals surface area contributed by atoms with E-state index >= 15 is 0 Å². The molecule has 4 aromatic heterocycles. The first-order valence-corrected chi connectivity index (χ1v) is 9.65. The van der Waals surface area contributed by atoms with Gasteiger partial charge >= 0.3 is 0 Å². The van der Waals surface area contributed by atoms with Gasteiger partial charge in [-0.2, -0.15) is 0 Å². The van der Waals surface area contributed by atoms with Crippen LogP contribution in [0.15, 0.2) is 51.1 Å². The highest BCUT2D eigenvalue weighted by molar-refractivity contribution is 7.98. The summed E-state index contributed by atoms with van der Waals surface area (Å²) in [5.74, 6) is 2.14. The van der Waals surface area contributed by atoms with E-state index in [1.807, 2.05) is 36.6 Å². The molecule has 0 radical (unpaired) electrons. The minimum Gasteiger partial charge on any atom is -0.469 e. The van der Waals surface area contributed by atoms with Gasteiger partial charge in [0, 0.05) is 24.6 Å². The van der Waals surface area contributed by atoms with Crippen LogP contribution < -0.4 is 5.56 Å². The van der Waals surface area contributed by atoms with Crippen LogP contribution in [0.2, 0.25) is 0 Å². The Morgan fingerprint density at radius 1 is 1.19 bits per heavy atom. The minimum atomic E-state index is -0.0778. The molecule has 4 rings (SSSR count). The fourth-order valence-corrected chi connectivity index (χ4v) is 3.86. The molecule has 4 heterocycles. The average Bonchev–Trinajstić information content (AvgIpc) is 3.25. The molecule has 0 aliphatic heterocycles. The smallest absolute Gasteiger partial charge is 0.258 e. The molecule has 0 aromatic carbocycles. The van der Waals surface area contributed by atoms with E-state index in [4.69, 9.17) is 4.42 Å². The fraction of sp³-hybridized carbons (Fsp3) is 0.263. The third kappa shape index (κ3) is 3.28. The van der Waals surface area contributed by atoms with Crippen molar-refractivity contribution >= 4 is 17.4 Å². The molecule has 0 fully saturated rings. The van der Waals surface area contributed by atoms with E-state index in [1.165, 1.54) is 11.8 Å². The molecular formula is C19H19N5O2S. The Labute approximate surface area is 160 Å². The quantitative estimate of drug-likeness (QED) is 0.493. The van der Waals surface area contributed by atoms with Gasteiger partial charge in [-0.15, -0.1) is 10.2 Å². The second kappa shape index (κ2) is 7.03. The molecule has 0 unspecified atom stereocenters. The summed E-state index contributed by atoms with van der Waals surface area (Å²) in [4.78, 5) is 16.9. The van der Waals surface area contributed by atoms with Gasteiger partial charge in [0.15, 0.2) is 11.0 Å². The zero-order valence-electron chi connectivity index (χ0n) is 15.3. The lowest BCUT2D eigenvalue weighted by Crippen LogP contribution is -2.15. The van der Waals surface area contributed by atoms with Crippen LogP contribution in [0.5, 0.6) is 0 Å². The molecule has 0 amide bonds. The number of aromatic nitrogens is 5. The highest BCUT2D eigenvalue weighted by atomic mass is 32.2. The van der Waals surface area contributed by atoms with E-state index in [0.717, 1.165) is 40.1 Å². The number of hydrogen-bond acceptors (Lipinski definition) is 6. The first-order valence-electron chi connectivity index (χ1n) is 8.66. The second-order valence-electron chi connectivity index (χ2n) is 6.25. The van der Waals surface area contributed by atoms with Gasteiger partial charge in [0.25, 0.3) is 5.56 Å². The Bertz CT molecular complexity index is 1170. The van der Waals surface area contributed by atoms with Crippen LogP contribution in [0.1, 0.15) is 23.9 Å². The van der Waals surface area contributed by atoms with Gasteiger partial charge in [-0.05, 0) is 38.5 Å². The van der Waals surface area contributed by atoms with Crippen molar-refractivity contribution in [3.05, 3.63) is 64.1 Å². The van der Waals surface area contributed by atoms with Crippen LogP contribution in [-0.2, 0) is 12.3 Å². The first-order chi connectivity index (χ1) is 13.1. The van der Waals surface area contributed by atoms with Crippen molar-refractivity contribution in [2.45, 2.75) is 38.2 Å². The first kappa shape index (κ1) is 17.5. The fourth-order valence-electron chi connectivity index (χ4n) is 2.97. The molecule has 0 aliphatic rings. The van der Waals surface area contributed by atoms with E-state index < -0.39 is 0 Å². The van der Waals surface area contributed by atoms with Crippen molar-refractivity contribution in [2.24, 2.45) is 0 Å². The van der Waals surface area contributed by atoms with Crippen molar-refractivity contribution in [1.29, 1.82) is 0 Å². The molecule has 8 heteroatoms. The highest BCUT2D eigenvalue weighted by Crippen LogP contribution is 2.28. The predicted octanol–water partition coefficient (Wildman–Crippen LogP) is 3.48. The molecule has 0 saturated carbocycles. The molecule has 7 nitrogen and oxygen atoms in total. The zero-order valence-corrected chi connectivity index (χ0v) is 16.2. The largest absolute Gasteiger partial charge is 0.469 e. The monoisotopic (exact) mass is 381 g/mol.